The van der Waals surface area contributed by atoms with Gasteiger partial charge in [-0.15, -0.1) is 0 Å². The minimum Gasteiger partial charge on any atom is -0.376 e. The van der Waals surface area contributed by atoms with E-state index in [1.165, 1.54) is 12.0 Å². The fourth-order valence-electron chi connectivity index (χ4n) is 1.71. The topological polar surface area (TPSA) is 9.23 Å². The lowest BCUT2D eigenvalue weighted by Gasteiger charge is -2.37. The lowest BCUT2D eigenvalue weighted by molar-refractivity contribution is 0.0692. The zero-order valence-corrected chi connectivity index (χ0v) is 12.7. The van der Waals surface area contributed by atoms with Gasteiger partial charge in [-0.05, 0) is 17.9 Å². The molecule has 0 N–H and O–H groups in total. The van der Waals surface area contributed by atoms with Crippen molar-refractivity contribution in [3.05, 3.63) is 35.9 Å². The molecule has 1 aliphatic carbocycles. The summed E-state index contributed by atoms with van der Waals surface area (Å²) in [5.74, 6) is 0.774. The van der Waals surface area contributed by atoms with Crippen molar-refractivity contribution in [3.63, 3.8) is 0 Å². The van der Waals surface area contributed by atoms with Crippen LogP contribution in [0.3, 0.4) is 0 Å². The van der Waals surface area contributed by atoms with Crippen molar-refractivity contribution in [2.45, 2.75) is 20.9 Å². The van der Waals surface area contributed by atoms with Gasteiger partial charge < -0.3 is 4.74 Å². The Hall–Kier alpha value is 0.640. The van der Waals surface area contributed by atoms with Crippen LogP contribution in [0.5, 0.6) is 0 Å². The first-order valence-corrected chi connectivity index (χ1v) is 7.66. The fourth-order valence-corrected chi connectivity index (χ4v) is 3.75. The molecule has 1 nitrogen and oxygen atoms in total. The highest BCUT2D eigenvalue weighted by atomic mass is 127. The molecule has 0 aliphatic heterocycles. The van der Waals surface area contributed by atoms with E-state index >= 15 is 0 Å². The number of benzene rings is 1. The van der Waals surface area contributed by atoms with Crippen LogP contribution in [0.2, 0.25) is 0 Å². The third-order valence-corrected chi connectivity index (χ3v) is 7.31. The van der Waals surface area contributed by atoms with Gasteiger partial charge in [-0.2, -0.15) is 0 Å². The molecular formula is C12H14I2O. The van der Waals surface area contributed by atoms with Gasteiger partial charge in [-0.3, -0.25) is 0 Å². The molecule has 82 valence electrons. The predicted molar refractivity (Wildman–Crippen MR) is 79.8 cm³/mol. The third-order valence-electron chi connectivity index (χ3n) is 2.77. The van der Waals surface area contributed by atoms with Gasteiger partial charge in [0.2, 0.25) is 0 Å². The monoisotopic (exact) mass is 428 g/mol. The summed E-state index contributed by atoms with van der Waals surface area (Å²) in [4.78, 5) is 0. The number of hydrogen-bond donors (Lipinski definition) is 0. The van der Waals surface area contributed by atoms with E-state index < -0.39 is 0 Å². The van der Waals surface area contributed by atoms with E-state index in [1.54, 1.807) is 0 Å². The molecule has 1 fully saturated rings. The molecule has 0 bridgehead atoms. The average Bonchev–Trinajstić information content (AvgIpc) is 2.29. The zero-order valence-electron chi connectivity index (χ0n) is 8.40. The molecule has 1 aromatic rings. The maximum Gasteiger partial charge on any atom is 0.0717 e. The van der Waals surface area contributed by atoms with Crippen molar-refractivity contribution in [3.8, 4) is 0 Å². The van der Waals surface area contributed by atoms with Gasteiger partial charge in [0, 0.05) is 7.85 Å². The van der Waals surface area contributed by atoms with Gasteiger partial charge in [0.25, 0.3) is 0 Å². The summed E-state index contributed by atoms with van der Waals surface area (Å²) in [5.41, 5.74) is 1.27. The molecule has 1 saturated carbocycles. The van der Waals surface area contributed by atoms with Crippen LogP contribution >= 0.6 is 45.2 Å². The number of alkyl halides is 2. The van der Waals surface area contributed by atoms with Crippen LogP contribution in [-0.4, -0.2) is 14.5 Å². The van der Waals surface area contributed by atoms with Crippen LogP contribution in [-0.2, 0) is 11.3 Å². The Kier molecular flexibility index (Phi) is 4.69. The highest BCUT2D eigenvalue weighted by Crippen LogP contribution is 2.40. The van der Waals surface area contributed by atoms with Crippen LogP contribution in [0.1, 0.15) is 12.0 Å². The maximum atomic E-state index is 5.73. The maximum absolute atomic E-state index is 5.73. The molecule has 1 unspecified atom stereocenters. The van der Waals surface area contributed by atoms with E-state index in [-0.39, 0.29) is 0 Å². The lowest BCUT2D eigenvalue weighted by atomic mass is 9.86. The summed E-state index contributed by atoms with van der Waals surface area (Å²) in [6.45, 7) is 1.68. The number of hydrogen-bond acceptors (Lipinski definition) is 1. The first-order chi connectivity index (χ1) is 7.27. The van der Waals surface area contributed by atoms with Crippen molar-refractivity contribution in [1.29, 1.82) is 0 Å². The molecule has 1 aliphatic rings. The Morgan fingerprint density at radius 2 is 1.93 bits per heavy atom. The molecule has 1 aromatic carbocycles. The number of ether oxygens (including phenoxy) is 1. The molecule has 0 aromatic heterocycles. The second-order valence-corrected chi connectivity index (χ2v) is 7.00. The summed E-state index contributed by atoms with van der Waals surface area (Å²) in [6, 6.07) is 10.4. The van der Waals surface area contributed by atoms with Gasteiger partial charge in [-0.25, -0.2) is 0 Å². The van der Waals surface area contributed by atoms with E-state index in [2.05, 4.69) is 69.4 Å². The first-order valence-electron chi connectivity index (χ1n) is 5.17. The highest BCUT2D eigenvalue weighted by Gasteiger charge is 2.37. The van der Waals surface area contributed by atoms with Gasteiger partial charge in [0.1, 0.15) is 0 Å². The first kappa shape index (κ1) is 12.1. The van der Waals surface area contributed by atoms with E-state index in [0.29, 0.717) is 0 Å². The Balaban J connectivity index is 1.68. The summed E-state index contributed by atoms with van der Waals surface area (Å²) in [5, 5.41) is 0. The van der Waals surface area contributed by atoms with Crippen LogP contribution in [0.25, 0.3) is 0 Å². The van der Waals surface area contributed by atoms with Gasteiger partial charge in [0.05, 0.1) is 13.2 Å². The second-order valence-electron chi connectivity index (χ2n) is 3.96. The molecule has 0 amide bonds. The van der Waals surface area contributed by atoms with Crippen molar-refractivity contribution >= 4 is 45.2 Å². The third kappa shape index (κ3) is 3.30. The quantitative estimate of drug-likeness (QED) is 0.524. The van der Waals surface area contributed by atoms with Crippen LogP contribution in [0.4, 0.5) is 0 Å². The minimum atomic E-state index is 0.757. The van der Waals surface area contributed by atoms with E-state index in [1.807, 2.05) is 6.07 Å². The highest BCUT2D eigenvalue weighted by molar-refractivity contribution is 14.1. The van der Waals surface area contributed by atoms with E-state index in [4.69, 9.17) is 4.74 Å². The molecule has 2 rings (SSSR count). The predicted octanol–water partition coefficient (Wildman–Crippen LogP) is 3.83. The Morgan fingerprint density at radius 1 is 1.20 bits per heavy atom. The second kappa shape index (κ2) is 5.82. The fraction of sp³-hybridized carbons (Fsp3) is 0.500. The van der Waals surface area contributed by atoms with E-state index in [9.17, 15) is 0 Å². The average molecular weight is 428 g/mol. The lowest BCUT2D eigenvalue weighted by Crippen LogP contribution is -2.40. The Labute approximate surface area is 118 Å². The smallest absolute Gasteiger partial charge is 0.0717 e. The van der Waals surface area contributed by atoms with Crippen LogP contribution in [0.15, 0.2) is 30.3 Å². The van der Waals surface area contributed by atoms with Gasteiger partial charge >= 0.3 is 0 Å². The SMILES string of the molecule is IC1[C@@H](COCc2ccccc2)C[C@H]1I. The Bertz CT molecular complexity index is 302. The van der Waals surface area contributed by atoms with Gasteiger partial charge in [0.15, 0.2) is 0 Å². The summed E-state index contributed by atoms with van der Waals surface area (Å²) in [6.07, 6.45) is 1.32. The van der Waals surface area contributed by atoms with Crippen LogP contribution < -0.4 is 0 Å². The van der Waals surface area contributed by atoms with Crippen LogP contribution in [0, 0.1) is 5.92 Å². The summed E-state index contributed by atoms with van der Waals surface area (Å²) in [7, 11) is 0. The summed E-state index contributed by atoms with van der Waals surface area (Å²) >= 11 is 5.08. The molecule has 3 heteroatoms. The normalized spacial score (nSPS) is 29.9. The zero-order chi connectivity index (χ0) is 10.7. The largest absolute Gasteiger partial charge is 0.376 e. The molecule has 15 heavy (non-hydrogen) atoms. The molecule has 0 heterocycles. The number of halogens is 2. The van der Waals surface area contributed by atoms with Crippen molar-refractivity contribution in [1.82, 2.24) is 0 Å². The minimum absolute atomic E-state index is 0.757. The van der Waals surface area contributed by atoms with Gasteiger partial charge in [-0.1, -0.05) is 75.5 Å². The summed E-state index contributed by atoms with van der Waals surface area (Å²) < 4.78 is 7.39. The molecular weight excluding hydrogens is 414 g/mol. The Morgan fingerprint density at radius 3 is 2.53 bits per heavy atom. The standard InChI is InChI=1S/C12H14I2O/c13-11-6-10(12(11)14)8-15-7-9-4-2-1-3-5-9/h1-5,10-12H,6-8H2/t10-,11-,12?/m1/s1. The van der Waals surface area contributed by atoms with E-state index in [0.717, 1.165) is 27.0 Å². The van der Waals surface area contributed by atoms with Crippen molar-refractivity contribution in [2.75, 3.05) is 6.61 Å². The molecule has 3 atom stereocenters. The van der Waals surface area contributed by atoms with Crippen molar-refractivity contribution in [2.24, 2.45) is 5.92 Å². The molecule has 0 spiro atoms. The number of rotatable bonds is 4. The van der Waals surface area contributed by atoms with Crippen molar-refractivity contribution < 1.29 is 4.74 Å². The molecule has 0 radical (unpaired) electrons. The molecule has 0 saturated heterocycles.